The van der Waals surface area contributed by atoms with Crippen LogP contribution >= 0.6 is 12.4 Å². The van der Waals surface area contributed by atoms with Crippen molar-refractivity contribution in [2.45, 2.75) is 18.9 Å². The smallest absolute Gasteiger partial charge is 0.270 e. The highest BCUT2D eigenvalue weighted by Crippen LogP contribution is 2.19. The third-order valence-corrected chi connectivity index (χ3v) is 3.24. The number of nitrogens with one attached hydrogen (secondary N) is 1. The van der Waals surface area contributed by atoms with Crippen molar-refractivity contribution in [2.75, 3.05) is 20.1 Å². The summed E-state index contributed by atoms with van der Waals surface area (Å²) >= 11 is 0. The average molecular weight is 258 g/mol. The lowest BCUT2D eigenvalue weighted by atomic mass is 10.2. The first kappa shape index (κ1) is 14.1. The fraction of sp³-hybridized carbons (Fsp3) is 0.583. The number of likely N-dealkylation sites (tertiary alicyclic amines) is 1. The number of carbonyl (C=O) groups excluding carboxylic acids is 1. The number of halogens is 1. The van der Waals surface area contributed by atoms with Gasteiger partial charge in [0.15, 0.2) is 0 Å². The Labute approximate surface area is 108 Å². The van der Waals surface area contributed by atoms with Crippen molar-refractivity contribution in [2.24, 2.45) is 7.05 Å². The molecule has 5 heteroatoms. The van der Waals surface area contributed by atoms with Crippen LogP contribution in [-0.2, 0) is 7.05 Å². The van der Waals surface area contributed by atoms with Gasteiger partial charge < -0.3 is 14.8 Å². The van der Waals surface area contributed by atoms with E-state index in [1.165, 1.54) is 0 Å². The van der Waals surface area contributed by atoms with E-state index in [0.29, 0.717) is 6.04 Å². The fourth-order valence-corrected chi connectivity index (χ4v) is 2.38. The predicted molar refractivity (Wildman–Crippen MR) is 70.6 cm³/mol. The second-order valence-electron chi connectivity index (χ2n) is 4.36. The lowest BCUT2D eigenvalue weighted by Crippen LogP contribution is -2.41. The standard InChI is InChI=1S/C12H19N3O.ClH/c1-13-9-10-5-3-8-15(10)12(16)11-6-4-7-14(11)2;/h4,6-7,10,13H,3,5,8-9H2,1-2H3;1H. The summed E-state index contributed by atoms with van der Waals surface area (Å²) in [5.74, 6) is 0.158. The van der Waals surface area contributed by atoms with Gasteiger partial charge in [-0.2, -0.15) is 0 Å². The zero-order valence-corrected chi connectivity index (χ0v) is 11.2. The molecule has 0 radical (unpaired) electrons. The number of rotatable bonds is 3. The van der Waals surface area contributed by atoms with E-state index in [-0.39, 0.29) is 18.3 Å². The molecule has 1 atom stereocenters. The molecule has 1 saturated heterocycles. The van der Waals surface area contributed by atoms with E-state index in [1.807, 2.05) is 41.9 Å². The van der Waals surface area contributed by atoms with E-state index in [4.69, 9.17) is 0 Å². The van der Waals surface area contributed by atoms with E-state index in [2.05, 4.69) is 5.32 Å². The van der Waals surface area contributed by atoms with Gasteiger partial charge in [-0.1, -0.05) is 0 Å². The molecule has 1 aliphatic rings. The highest BCUT2D eigenvalue weighted by molar-refractivity contribution is 5.93. The van der Waals surface area contributed by atoms with E-state index in [1.54, 1.807) is 0 Å². The molecular formula is C12H20ClN3O. The minimum absolute atomic E-state index is 0. The predicted octanol–water partition coefficient (Wildman–Crippen LogP) is 1.27. The molecule has 96 valence electrons. The molecule has 0 aromatic carbocycles. The maximum absolute atomic E-state index is 12.3. The minimum Gasteiger partial charge on any atom is -0.347 e. The van der Waals surface area contributed by atoms with Crippen LogP contribution in [0.5, 0.6) is 0 Å². The van der Waals surface area contributed by atoms with Crippen LogP contribution in [0.4, 0.5) is 0 Å². The third-order valence-electron chi connectivity index (χ3n) is 3.24. The van der Waals surface area contributed by atoms with Crippen LogP contribution in [0.2, 0.25) is 0 Å². The average Bonchev–Trinajstić information content (AvgIpc) is 2.87. The normalized spacial score (nSPS) is 19.2. The molecule has 1 amide bonds. The molecule has 0 aliphatic carbocycles. The zero-order valence-electron chi connectivity index (χ0n) is 10.3. The summed E-state index contributed by atoms with van der Waals surface area (Å²) in [6.07, 6.45) is 4.13. The Balaban J connectivity index is 0.00000144. The maximum Gasteiger partial charge on any atom is 0.270 e. The lowest BCUT2D eigenvalue weighted by Gasteiger charge is -2.24. The maximum atomic E-state index is 12.3. The summed E-state index contributed by atoms with van der Waals surface area (Å²) in [6, 6.07) is 4.15. The largest absolute Gasteiger partial charge is 0.347 e. The highest BCUT2D eigenvalue weighted by Gasteiger charge is 2.29. The van der Waals surface area contributed by atoms with Crippen LogP contribution in [0.1, 0.15) is 23.3 Å². The Morgan fingerprint density at radius 3 is 2.94 bits per heavy atom. The molecule has 1 unspecified atom stereocenters. The number of carbonyl (C=O) groups is 1. The molecular weight excluding hydrogens is 238 g/mol. The van der Waals surface area contributed by atoms with Crippen molar-refractivity contribution in [3.8, 4) is 0 Å². The Kier molecular flexibility index (Phi) is 5.02. The molecule has 2 heterocycles. The first-order chi connectivity index (χ1) is 7.74. The minimum atomic E-state index is 0. The molecule has 17 heavy (non-hydrogen) atoms. The van der Waals surface area contributed by atoms with Gasteiger partial charge in [0, 0.05) is 32.4 Å². The lowest BCUT2D eigenvalue weighted by molar-refractivity contribution is 0.0727. The Morgan fingerprint density at radius 1 is 1.59 bits per heavy atom. The quantitative estimate of drug-likeness (QED) is 0.886. The summed E-state index contributed by atoms with van der Waals surface area (Å²) in [6.45, 7) is 1.77. The number of nitrogens with zero attached hydrogens (tertiary/aromatic N) is 2. The third kappa shape index (κ3) is 2.82. The number of amides is 1. The molecule has 1 fully saturated rings. The van der Waals surface area contributed by atoms with Gasteiger partial charge in [0.2, 0.25) is 0 Å². The van der Waals surface area contributed by atoms with Crippen LogP contribution in [-0.4, -0.2) is 41.6 Å². The van der Waals surface area contributed by atoms with Crippen LogP contribution in [0.25, 0.3) is 0 Å². The summed E-state index contributed by atoms with van der Waals surface area (Å²) in [5.41, 5.74) is 0.781. The number of likely N-dealkylation sites (N-methyl/N-ethyl adjacent to an activating group) is 1. The number of aryl methyl sites for hydroxylation is 1. The van der Waals surface area contributed by atoms with Crippen LogP contribution in [0, 0.1) is 0 Å². The number of aromatic nitrogens is 1. The van der Waals surface area contributed by atoms with Gasteiger partial charge >= 0.3 is 0 Å². The first-order valence-corrected chi connectivity index (χ1v) is 5.81. The Morgan fingerprint density at radius 2 is 2.35 bits per heavy atom. The van der Waals surface area contributed by atoms with Crippen LogP contribution in [0.15, 0.2) is 18.3 Å². The molecule has 1 aliphatic heterocycles. The summed E-state index contributed by atoms with van der Waals surface area (Å²) in [7, 11) is 3.85. The number of hydrogen-bond acceptors (Lipinski definition) is 2. The van der Waals surface area contributed by atoms with Crippen molar-refractivity contribution in [1.82, 2.24) is 14.8 Å². The van der Waals surface area contributed by atoms with Gasteiger partial charge in [-0.15, -0.1) is 12.4 Å². The van der Waals surface area contributed by atoms with Gasteiger partial charge in [0.25, 0.3) is 5.91 Å². The van der Waals surface area contributed by atoms with Gasteiger partial charge in [0.1, 0.15) is 5.69 Å². The van der Waals surface area contributed by atoms with Gasteiger partial charge in [-0.25, -0.2) is 0 Å². The molecule has 0 spiro atoms. The van der Waals surface area contributed by atoms with Crippen LogP contribution in [0.3, 0.4) is 0 Å². The summed E-state index contributed by atoms with van der Waals surface area (Å²) < 4.78 is 1.89. The molecule has 1 aromatic heterocycles. The molecule has 0 saturated carbocycles. The summed E-state index contributed by atoms with van der Waals surface area (Å²) in [5, 5.41) is 3.15. The van der Waals surface area contributed by atoms with E-state index in [0.717, 1.165) is 31.6 Å². The Hall–Kier alpha value is -1.00. The van der Waals surface area contributed by atoms with Crippen molar-refractivity contribution in [3.63, 3.8) is 0 Å². The van der Waals surface area contributed by atoms with E-state index in [9.17, 15) is 4.79 Å². The van der Waals surface area contributed by atoms with Crippen molar-refractivity contribution >= 4 is 18.3 Å². The van der Waals surface area contributed by atoms with E-state index < -0.39 is 0 Å². The SMILES string of the molecule is CNCC1CCCN1C(=O)c1cccn1C.Cl. The van der Waals surface area contributed by atoms with E-state index >= 15 is 0 Å². The molecule has 0 bridgehead atoms. The molecule has 4 nitrogen and oxygen atoms in total. The van der Waals surface area contributed by atoms with Gasteiger partial charge in [-0.3, -0.25) is 4.79 Å². The Bertz CT molecular complexity index is 378. The monoisotopic (exact) mass is 257 g/mol. The van der Waals surface area contributed by atoms with Crippen LogP contribution < -0.4 is 5.32 Å². The molecule has 1 N–H and O–H groups in total. The highest BCUT2D eigenvalue weighted by atomic mass is 35.5. The first-order valence-electron chi connectivity index (χ1n) is 5.81. The van der Waals surface area contributed by atoms with Crippen molar-refractivity contribution in [3.05, 3.63) is 24.0 Å². The fourth-order valence-electron chi connectivity index (χ4n) is 2.38. The molecule has 2 rings (SSSR count). The second kappa shape index (κ2) is 6.07. The van der Waals surface area contributed by atoms with Crippen molar-refractivity contribution in [1.29, 1.82) is 0 Å². The van der Waals surface area contributed by atoms with Gasteiger partial charge in [0.05, 0.1) is 0 Å². The second-order valence-corrected chi connectivity index (χ2v) is 4.36. The topological polar surface area (TPSA) is 37.3 Å². The summed E-state index contributed by atoms with van der Waals surface area (Å²) in [4.78, 5) is 14.3. The molecule has 1 aromatic rings. The number of hydrogen-bond donors (Lipinski definition) is 1. The van der Waals surface area contributed by atoms with Crippen molar-refractivity contribution < 1.29 is 4.79 Å². The zero-order chi connectivity index (χ0) is 11.5. The van der Waals surface area contributed by atoms with Gasteiger partial charge in [-0.05, 0) is 32.0 Å².